The van der Waals surface area contributed by atoms with E-state index in [9.17, 15) is 19.8 Å². The Morgan fingerprint density at radius 2 is 1.68 bits per heavy atom. The fourth-order valence-corrected chi connectivity index (χ4v) is 7.79. The third-order valence-electron chi connectivity index (χ3n) is 11.7. The van der Waals surface area contributed by atoms with Crippen molar-refractivity contribution in [3.63, 3.8) is 0 Å². The first-order chi connectivity index (χ1) is 26.5. The van der Waals surface area contributed by atoms with Crippen LogP contribution < -0.4 is 10.6 Å². The highest BCUT2D eigenvalue weighted by atomic mass is 16.6. The Labute approximate surface area is 334 Å². The minimum absolute atomic E-state index is 0.00812. The molecule has 2 aliphatic rings. The molecule has 2 aromatic carbocycles. The summed E-state index contributed by atoms with van der Waals surface area (Å²) in [4.78, 5) is 25.3. The minimum Gasteiger partial charge on any atom is -0.457 e. The molecule has 2 heterocycles. The van der Waals surface area contributed by atoms with E-state index in [-0.39, 0.29) is 55.5 Å². The van der Waals surface area contributed by atoms with E-state index in [1.165, 1.54) is 12.5 Å². The van der Waals surface area contributed by atoms with Gasteiger partial charge in [-0.05, 0) is 69.7 Å². The van der Waals surface area contributed by atoms with Crippen molar-refractivity contribution in [3.05, 3.63) is 108 Å². The summed E-state index contributed by atoms with van der Waals surface area (Å²) in [6, 6.07) is 20.5. The molecule has 0 aromatic heterocycles. The smallest absolute Gasteiger partial charge is 0.309 e. The molecule has 4 rings (SSSR count). The van der Waals surface area contributed by atoms with Crippen molar-refractivity contribution in [1.29, 1.82) is 0 Å². The molecular weight excluding hydrogens is 709 g/mol. The Bertz CT molecular complexity index is 1640. The van der Waals surface area contributed by atoms with Gasteiger partial charge in [-0.15, -0.1) is 0 Å². The molecule has 308 valence electrons. The van der Waals surface area contributed by atoms with Gasteiger partial charge >= 0.3 is 11.9 Å². The van der Waals surface area contributed by atoms with E-state index in [2.05, 4.69) is 61.7 Å². The number of carbonyl (C=O) groups is 2. The summed E-state index contributed by atoms with van der Waals surface area (Å²) in [5.41, 5.74) is -0.418. The predicted molar refractivity (Wildman–Crippen MR) is 219 cm³/mol. The van der Waals surface area contributed by atoms with Gasteiger partial charge in [-0.25, -0.2) is 0 Å². The predicted octanol–water partition coefficient (Wildman–Crippen LogP) is 6.75. The summed E-state index contributed by atoms with van der Waals surface area (Å²) >= 11 is 0. The van der Waals surface area contributed by atoms with Gasteiger partial charge in [-0.1, -0.05) is 106 Å². The summed E-state index contributed by atoms with van der Waals surface area (Å²) in [5.74, 6) is -1.25. The number of cyclic esters (lactones) is 1. The molecule has 0 bridgehead atoms. The Morgan fingerprint density at radius 3 is 2.27 bits per heavy atom. The van der Waals surface area contributed by atoms with Crippen LogP contribution in [0.4, 0.5) is 0 Å². The van der Waals surface area contributed by atoms with Crippen LogP contribution in [0.25, 0.3) is 0 Å². The summed E-state index contributed by atoms with van der Waals surface area (Å²) in [5, 5.41) is 29.9. The van der Waals surface area contributed by atoms with Crippen LogP contribution in [0.15, 0.2) is 96.6 Å². The SMILES string of the molecule is CC[C@H](OC)[C@@H](C)[C@H]1O[C@@H]1C(NCc1ccccc1)C(C)(/C=C/C=C(\C)[C@H]1OC(=O)C[C@H](O)CC[C@@](C)(O)[C@](C)(OC(C)=O)/C=C/[C@@H]1C)NCc1ccccc1. The van der Waals surface area contributed by atoms with E-state index in [0.29, 0.717) is 13.1 Å². The molecule has 0 amide bonds. The summed E-state index contributed by atoms with van der Waals surface area (Å²) in [6.45, 7) is 16.1. The van der Waals surface area contributed by atoms with Crippen LogP contribution in [-0.2, 0) is 41.6 Å². The molecule has 1 fully saturated rings. The number of hydrogen-bond acceptors (Lipinski definition) is 10. The van der Waals surface area contributed by atoms with E-state index in [1.807, 2.05) is 68.5 Å². The van der Waals surface area contributed by atoms with Gasteiger partial charge in [-0.3, -0.25) is 9.59 Å². The van der Waals surface area contributed by atoms with Crippen LogP contribution in [0.1, 0.15) is 92.2 Å². The van der Waals surface area contributed by atoms with Gasteiger partial charge in [0.25, 0.3) is 0 Å². The minimum atomic E-state index is -1.51. The monoisotopic (exact) mass is 774 g/mol. The van der Waals surface area contributed by atoms with Crippen molar-refractivity contribution < 1.29 is 38.7 Å². The average molecular weight is 775 g/mol. The number of benzene rings is 2. The molecule has 4 N–H and O–H groups in total. The summed E-state index contributed by atoms with van der Waals surface area (Å²) in [6.07, 6.45) is 8.73. The maximum absolute atomic E-state index is 13.2. The van der Waals surface area contributed by atoms with E-state index >= 15 is 0 Å². The molecule has 0 aliphatic carbocycles. The van der Waals surface area contributed by atoms with Crippen molar-refractivity contribution in [2.75, 3.05) is 7.11 Å². The average Bonchev–Trinajstić information content (AvgIpc) is 3.95. The van der Waals surface area contributed by atoms with Crippen molar-refractivity contribution in [1.82, 2.24) is 10.6 Å². The molecule has 2 unspecified atom stereocenters. The van der Waals surface area contributed by atoms with Crippen molar-refractivity contribution >= 4 is 11.9 Å². The number of methoxy groups -OCH3 is 1. The zero-order chi connectivity index (χ0) is 41.1. The second-order valence-electron chi connectivity index (χ2n) is 16.3. The van der Waals surface area contributed by atoms with Crippen LogP contribution >= 0.6 is 0 Å². The van der Waals surface area contributed by atoms with E-state index in [1.54, 1.807) is 27.0 Å². The lowest BCUT2D eigenvalue weighted by atomic mass is 9.79. The first kappa shape index (κ1) is 45.1. The number of nitrogens with one attached hydrogen (secondary N) is 2. The number of aliphatic hydroxyl groups is 2. The molecule has 10 heteroatoms. The van der Waals surface area contributed by atoms with Crippen LogP contribution in [0.3, 0.4) is 0 Å². The van der Waals surface area contributed by atoms with Gasteiger partial charge in [0.15, 0.2) is 5.60 Å². The second kappa shape index (κ2) is 20.2. The number of esters is 2. The number of epoxide rings is 1. The van der Waals surface area contributed by atoms with Crippen LogP contribution in [0.2, 0.25) is 0 Å². The van der Waals surface area contributed by atoms with Crippen molar-refractivity contribution in [3.8, 4) is 0 Å². The highest BCUT2D eigenvalue weighted by Crippen LogP contribution is 2.39. The summed E-state index contributed by atoms with van der Waals surface area (Å²) < 4.78 is 24.1. The normalized spacial score (nSPS) is 30.9. The molecule has 10 nitrogen and oxygen atoms in total. The van der Waals surface area contributed by atoms with Gasteiger partial charge in [0, 0.05) is 39.0 Å². The lowest BCUT2D eigenvalue weighted by molar-refractivity contribution is -0.176. The van der Waals surface area contributed by atoms with E-state index in [4.69, 9.17) is 18.9 Å². The Balaban J connectivity index is 1.71. The van der Waals surface area contributed by atoms with E-state index < -0.39 is 40.9 Å². The maximum atomic E-state index is 13.2. The maximum Gasteiger partial charge on any atom is 0.309 e. The molecule has 1 saturated heterocycles. The molecule has 0 spiro atoms. The highest BCUT2D eigenvalue weighted by Gasteiger charge is 2.54. The van der Waals surface area contributed by atoms with Crippen LogP contribution in [-0.4, -0.2) is 82.6 Å². The van der Waals surface area contributed by atoms with Gasteiger partial charge in [-0.2, -0.15) is 0 Å². The van der Waals surface area contributed by atoms with Crippen molar-refractivity contribution in [2.24, 2.45) is 11.8 Å². The Kier molecular flexibility index (Phi) is 16.2. The first-order valence-corrected chi connectivity index (χ1v) is 20.1. The lowest BCUT2D eigenvalue weighted by Gasteiger charge is -2.41. The molecule has 0 radical (unpaired) electrons. The number of carbonyl (C=O) groups excluding carboxylic acids is 2. The Hall–Kier alpha value is -3.64. The van der Waals surface area contributed by atoms with Crippen molar-refractivity contribution in [2.45, 2.75) is 147 Å². The van der Waals surface area contributed by atoms with E-state index in [0.717, 1.165) is 17.6 Å². The number of hydrogen-bond donors (Lipinski definition) is 4. The fraction of sp³-hybridized carbons (Fsp3) is 0.565. The van der Waals surface area contributed by atoms with Gasteiger partial charge < -0.3 is 39.8 Å². The molecule has 0 saturated carbocycles. The van der Waals surface area contributed by atoms with Gasteiger partial charge in [0.1, 0.15) is 17.8 Å². The number of rotatable bonds is 16. The third-order valence-corrected chi connectivity index (χ3v) is 11.7. The molecule has 2 aromatic rings. The van der Waals surface area contributed by atoms with Crippen LogP contribution in [0.5, 0.6) is 0 Å². The molecular formula is C46H66N2O8. The number of ether oxygens (including phenoxy) is 4. The van der Waals surface area contributed by atoms with Crippen LogP contribution in [0, 0.1) is 11.8 Å². The Morgan fingerprint density at radius 1 is 1.05 bits per heavy atom. The quantitative estimate of drug-likeness (QED) is 0.0628. The largest absolute Gasteiger partial charge is 0.457 e. The van der Waals surface area contributed by atoms with Gasteiger partial charge in [0.05, 0.1) is 36.3 Å². The number of allylic oxidation sites excluding steroid dienone is 2. The first-order valence-electron chi connectivity index (χ1n) is 20.1. The lowest BCUT2D eigenvalue weighted by Crippen LogP contribution is -2.59. The zero-order valence-electron chi connectivity index (χ0n) is 34.9. The standard InChI is InChI=1S/C46H66N2O8/c1-10-38(53-9)33(4)41-42(55-41)43(47-29-35-19-13-11-14-20-35)44(6,48-30-36-21-15-12-16-22-36)25-17-18-31(2)40-32(3)23-27-46(8,56-34(5)49)45(7,52)26-24-37(50)28-39(51)54-40/h11-23,25,27,32-33,37-38,40-43,47-48,50,52H,10,24,26,28-30H2,1-9H3/b25-17+,27-23+,31-18+/t32-,33+,37+,38-,40+,41+,42-,43?,44?,45+,46+/m0/s1. The topological polar surface area (TPSA) is 139 Å². The molecule has 2 aliphatic heterocycles. The number of aliphatic hydroxyl groups excluding tert-OH is 1. The molecule has 56 heavy (non-hydrogen) atoms. The highest BCUT2D eigenvalue weighted by molar-refractivity contribution is 5.70. The van der Waals surface area contributed by atoms with Gasteiger partial charge in [0.2, 0.25) is 0 Å². The third kappa shape index (κ3) is 12.2. The zero-order valence-corrected chi connectivity index (χ0v) is 34.9. The molecule has 11 atom stereocenters. The second-order valence-corrected chi connectivity index (χ2v) is 16.3. The summed E-state index contributed by atoms with van der Waals surface area (Å²) in [7, 11) is 1.76. The fourth-order valence-electron chi connectivity index (χ4n) is 7.79.